The molecule has 1 saturated heterocycles. The molecule has 18 heavy (non-hydrogen) atoms. The second-order valence-corrected chi connectivity index (χ2v) is 4.95. The van der Waals surface area contributed by atoms with Crippen LogP contribution in [0.15, 0.2) is 0 Å². The van der Waals surface area contributed by atoms with Gasteiger partial charge < -0.3 is 15.1 Å². The van der Waals surface area contributed by atoms with E-state index in [0.29, 0.717) is 6.42 Å². The van der Waals surface area contributed by atoms with E-state index in [1.807, 2.05) is 0 Å². The van der Waals surface area contributed by atoms with E-state index in [-0.39, 0.29) is 18.9 Å². The minimum Gasteiger partial charge on any atom is -0.480 e. The van der Waals surface area contributed by atoms with E-state index in [1.54, 1.807) is 0 Å². The number of aliphatic hydroxyl groups excluding tert-OH is 1. The predicted molar refractivity (Wildman–Crippen MR) is 67.1 cm³/mol. The number of aliphatic carboxylic acids is 1. The molecule has 1 heterocycles. The Morgan fingerprint density at radius 2 is 1.89 bits per heavy atom. The third-order valence-corrected chi connectivity index (χ3v) is 3.38. The summed E-state index contributed by atoms with van der Waals surface area (Å²) < 4.78 is 0. The fourth-order valence-electron chi connectivity index (χ4n) is 2.35. The molecule has 0 saturated carbocycles. The molecule has 0 spiro atoms. The van der Waals surface area contributed by atoms with Gasteiger partial charge in [-0.15, -0.1) is 0 Å². The zero-order valence-corrected chi connectivity index (χ0v) is 11.0. The highest BCUT2D eigenvalue weighted by molar-refractivity contribution is 5.84. The highest BCUT2D eigenvalue weighted by Gasteiger charge is 2.38. The molecule has 5 heteroatoms. The molecule has 1 fully saturated rings. The summed E-state index contributed by atoms with van der Waals surface area (Å²) in [5, 5.41) is 18.4. The Morgan fingerprint density at radius 3 is 2.50 bits per heavy atom. The summed E-state index contributed by atoms with van der Waals surface area (Å²) in [7, 11) is 0. The Bertz CT molecular complexity index is 293. The molecule has 0 aromatic carbocycles. The van der Waals surface area contributed by atoms with Crippen LogP contribution in [0.2, 0.25) is 0 Å². The summed E-state index contributed by atoms with van der Waals surface area (Å²) in [5.41, 5.74) is 0. The third-order valence-electron chi connectivity index (χ3n) is 3.38. The van der Waals surface area contributed by atoms with Gasteiger partial charge in [0.15, 0.2) is 0 Å². The van der Waals surface area contributed by atoms with Crippen LogP contribution < -0.4 is 0 Å². The molecule has 2 N–H and O–H groups in total. The number of nitrogens with zero attached hydrogens (tertiary/aromatic N) is 1. The molecule has 104 valence electrons. The van der Waals surface area contributed by atoms with Gasteiger partial charge in [-0.3, -0.25) is 4.79 Å². The van der Waals surface area contributed by atoms with Gasteiger partial charge in [0.2, 0.25) is 5.91 Å². The number of unbranched alkanes of at least 4 members (excludes halogenated alkanes) is 4. The molecule has 1 aliphatic heterocycles. The van der Waals surface area contributed by atoms with Crippen molar-refractivity contribution in [2.24, 2.45) is 0 Å². The number of hydrogen-bond acceptors (Lipinski definition) is 3. The molecule has 1 amide bonds. The number of carboxylic acid groups (broad SMARTS) is 1. The molecule has 1 aliphatic rings. The zero-order chi connectivity index (χ0) is 13.5. The molecule has 0 bridgehead atoms. The van der Waals surface area contributed by atoms with Crippen molar-refractivity contribution < 1.29 is 19.8 Å². The molecular weight excluding hydrogens is 234 g/mol. The maximum atomic E-state index is 11.9. The van der Waals surface area contributed by atoms with Gasteiger partial charge in [-0.25, -0.2) is 4.79 Å². The van der Waals surface area contributed by atoms with Gasteiger partial charge in [-0.05, 0) is 6.42 Å². The Labute approximate surface area is 108 Å². The normalized spacial score (nSPS) is 23.3. The molecule has 1 unspecified atom stereocenters. The minimum absolute atomic E-state index is 0.143. The smallest absolute Gasteiger partial charge is 0.326 e. The highest BCUT2D eigenvalue weighted by Crippen LogP contribution is 2.20. The number of carbonyl (C=O) groups excluding carboxylic acids is 1. The van der Waals surface area contributed by atoms with E-state index in [2.05, 4.69) is 6.92 Å². The summed E-state index contributed by atoms with van der Waals surface area (Å²) >= 11 is 0. The van der Waals surface area contributed by atoms with Crippen LogP contribution in [0.5, 0.6) is 0 Å². The van der Waals surface area contributed by atoms with E-state index in [4.69, 9.17) is 5.11 Å². The van der Waals surface area contributed by atoms with Gasteiger partial charge in [0.05, 0.1) is 6.10 Å². The van der Waals surface area contributed by atoms with Crippen molar-refractivity contribution in [3.8, 4) is 0 Å². The molecular formula is C13H23NO4. The largest absolute Gasteiger partial charge is 0.480 e. The van der Waals surface area contributed by atoms with Crippen LogP contribution >= 0.6 is 0 Å². The molecule has 1 rings (SSSR count). The number of hydrogen-bond donors (Lipinski definition) is 2. The van der Waals surface area contributed by atoms with Gasteiger partial charge >= 0.3 is 5.97 Å². The highest BCUT2D eigenvalue weighted by atomic mass is 16.4. The van der Waals surface area contributed by atoms with Gasteiger partial charge in [0.1, 0.15) is 6.04 Å². The van der Waals surface area contributed by atoms with Crippen LogP contribution in [-0.4, -0.2) is 45.7 Å². The topological polar surface area (TPSA) is 77.8 Å². The van der Waals surface area contributed by atoms with Crippen molar-refractivity contribution in [3.63, 3.8) is 0 Å². The second-order valence-electron chi connectivity index (χ2n) is 4.95. The number of rotatable bonds is 7. The molecule has 2 atom stereocenters. The molecule has 0 aromatic rings. The molecule has 0 aromatic heterocycles. The first kappa shape index (κ1) is 15.0. The van der Waals surface area contributed by atoms with Crippen molar-refractivity contribution in [2.75, 3.05) is 6.54 Å². The zero-order valence-electron chi connectivity index (χ0n) is 11.0. The molecule has 0 aliphatic carbocycles. The van der Waals surface area contributed by atoms with E-state index < -0.39 is 18.1 Å². The fraction of sp³-hybridized carbons (Fsp3) is 0.846. The molecule has 0 radical (unpaired) electrons. The van der Waals surface area contributed by atoms with Gasteiger partial charge in [0.25, 0.3) is 0 Å². The first-order chi connectivity index (χ1) is 8.56. The lowest BCUT2D eigenvalue weighted by molar-refractivity contribution is -0.148. The van der Waals surface area contributed by atoms with E-state index in [1.165, 1.54) is 11.3 Å². The number of carboxylic acids is 1. The van der Waals surface area contributed by atoms with Gasteiger partial charge in [-0.2, -0.15) is 0 Å². The SMILES string of the molecule is CCCCCCCC(=O)N1CC(O)C[C@H]1C(=O)O. The summed E-state index contributed by atoms with van der Waals surface area (Å²) in [5.74, 6) is -1.17. The summed E-state index contributed by atoms with van der Waals surface area (Å²) in [6.45, 7) is 2.29. The number of likely N-dealkylation sites (tertiary alicyclic amines) is 1. The van der Waals surface area contributed by atoms with Crippen LogP contribution in [0, 0.1) is 0 Å². The van der Waals surface area contributed by atoms with Gasteiger partial charge in [0, 0.05) is 19.4 Å². The number of amides is 1. The first-order valence-electron chi connectivity index (χ1n) is 6.76. The average Bonchev–Trinajstić information content (AvgIpc) is 2.71. The monoisotopic (exact) mass is 257 g/mol. The van der Waals surface area contributed by atoms with Crippen LogP contribution in [-0.2, 0) is 9.59 Å². The van der Waals surface area contributed by atoms with Crippen molar-refractivity contribution >= 4 is 11.9 Å². The minimum atomic E-state index is -1.02. The quantitative estimate of drug-likeness (QED) is 0.676. The Balaban J connectivity index is 2.33. The fourth-order valence-corrected chi connectivity index (χ4v) is 2.35. The lowest BCUT2D eigenvalue weighted by atomic mass is 10.1. The van der Waals surface area contributed by atoms with Crippen LogP contribution in [0.3, 0.4) is 0 Å². The van der Waals surface area contributed by atoms with Crippen molar-refractivity contribution in [1.29, 1.82) is 0 Å². The van der Waals surface area contributed by atoms with E-state index in [9.17, 15) is 14.7 Å². The lowest BCUT2D eigenvalue weighted by Gasteiger charge is -2.21. The third kappa shape index (κ3) is 4.29. The van der Waals surface area contributed by atoms with Gasteiger partial charge in [-0.1, -0.05) is 32.6 Å². The first-order valence-corrected chi connectivity index (χ1v) is 6.76. The Hall–Kier alpha value is -1.10. The standard InChI is InChI=1S/C13H23NO4/c1-2-3-4-5-6-7-12(16)14-9-10(15)8-11(14)13(17)18/h10-11,15H,2-9H2,1H3,(H,17,18)/t10?,11-/m0/s1. The van der Waals surface area contributed by atoms with Crippen LogP contribution in [0.25, 0.3) is 0 Å². The second kappa shape index (κ2) is 7.36. The summed E-state index contributed by atoms with van der Waals surface area (Å²) in [6, 6.07) is -0.844. The van der Waals surface area contributed by atoms with Crippen molar-refractivity contribution in [2.45, 2.75) is 64.0 Å². The lowest BCUT2D eigenvalue weighted by Crippen LogP contribution is -2.40. The number of β-amino-alcohol motifs (C(OH)–C–C–N with tert-alkyl or cyclic N) is 1. The Kier molecular flexibility index (Phi) is 6.12. The number of carbonyl (C=O) groups is 2. The predicted octanol–water partition coefficient (Wildman–Crippen LogP) is 1.39. The van der Waals surface area contributed by atoms with E-state index in [0.717, 1.165) is 25.7 Å². The van der Waals surface area contributed by atoms with Crippen LogP contribution in [0.4, 0.5) is 0 Å². The molecule has 5 nitrogen and oxygen atoms in total. The van der Waals surface area contributed by atoms with Crippen LogP contribution in [0.1, 0.15) is 51.9 Å². The van der Waals surface area contributed by atoms with Crippen molar-refractivity contribution in [1.82, 2.24) is 4.90 Å². The maximum absolute atomic E-state index is 11.9. The average molecular weight is 257 g/mol. The van der Waals surface area contributed by atoms with E-state index >= 15 is 0 Å². The number of aliphatic hydroxyl groups is 1. The summed E-state index contributed by atoms with van der Waals surface area (Å²) in [4.78, 5) is 24.2. The van der Waals surface area contributed by atoms with Crippen molar-refractivity contribution in [3.05, 3.63) is 0 Å². The summed E-state index contributed by atoms with van der Waals surface area (Å²) in [6.07, 6.45) is 5.11. The maximum Gasteiger partial charge on any atom is 0.326 e. The Morgan fingerprint density at radius 1 is 1.22 bits per heavy atom.